The quantitative estimate of drug-likeness (QED) is 0.899. The number of carbonyl (C=O) groups is 1. The largest absolute Gasteiger partial charge is 0.484 e. The van der Waals surface area contributed by atoms with Gasteiger partial charge in [-0.3, -0.25) is 4.79 Å². The van der Waals surface area contributed by atoms with Gasteiger partial charge in [0, 0.05) is 5.69 Å². The van der Waals surface area contributed by atoms with Crippen molar-refractivity contribution in [3.05, 3.63) is 23.8 Å². The van der Waals surface area contributed by atoms with Crippen LogP contribution < -0.4 is 15.4 Å². The lowest BCUT2D eigenvalue weighted by molar-refractivity contribution is -0.153. The van der Waals surface area contributed by atoms with E-state index >= 15 is 0 Å². The van der Waals surface area contributed by atoms with Gasteiger partial charge < -0.3 is 15.4 Å². The molecule has 0 spiro atoms. The summed E-state index contributed by atoms with van der Waals surface area (Å²) >= 11 is 0. The van der Waals surface area contributed by atoms with Crippen molar-refractivity contribution in [3.8, 4) is 5.75 Å². The molecule has 0 radical (unpaired) electrons. The molecule has 1 fully saturated rings. The van der Waals surface area contributed by atoms with Crippen LogP contribution in [-0.2, 0) is 4.79 Å². The lowest BCUT2D eigenvalue weighted by Gasteiger charge is -2.14. The van der Waals surface area contributed by atoms with Gasteiger partial charge in [0.05, 0.1) is 6.04 Å². The van der Waals surface area contributed by atoms with E-state index in [-0.39, 0.29) is 17.7 Å². The van der Waals surface area contributed by atoms with Crippen LogP contribution in [-0.4, -0.2) is 31.3 Å². The van der Waals surface area contributed by atoms with Crippen molar-refractivity contribution in [1.82, 2.24) is 5.32 Å². The summed E-state index contributed by atoms with van der Waals surface area (Å²) < 4.78 is 41.0. The van der Waals surface area contributed by atoms with Crippen LogP contribution in [0.4, 0.5) is 18.9 Å². The molecule has 1 atom stereocenters. The Labute approximate surface area is 120 Å². The molecule has 4 nitrogen and oxygen atoms in total. The molecular weight excluding hydrogens is 285 g/mol. The van der Waals surface area contributed by atoms with Gasteiger partial charge >= 0.3 is 6.18 Å². The van der Waals surface area contributed by atoms with Gasteiger partial charge in [0.1, 0.15) is 5.75 Å². The maximum absolute atomic E-state index is 12.1. The molecule has 2 N–H and O–H groups in total. The Morgan fingerprint density at radius 2 is 2.24 bits per heavy atom. The van der Waals surface area contributed by atoms with Crippen LogP contribution >= 0.6 is 0 Å². The number of aryl methyl sites for hydroxylation is 1. The molecule has 0 aliphatic carbocycles. The number of amides is 1. The van der Waals surface area contributed by atoms with Gasteiger partial charge in [-0.1, -0.05) is 0 Å². The molecule has 7 heteroatoms. The van der Waals surface area contributed by atoms with Gasteiger partial charge in [-0.05, 0) is 50.1 Å². The minimum atomic E-state index is -4.37. The van der Waals surface area contributed by atoms with Crippen molar-refractivity contribution in [3.63, 3.8) is 0 Å². The van der Waals surface area contributed by atoms with Gasteiger partial charge in [-0.15, -0.1) is 0 Å². The van der Waals surface area contributed by atoms with E-state index in [1.165, 1.54) is 12.1 Å². The third-order valence-electron chi connectivity index (χ3n) is 3.21. The van der Waals surface area contributed by atoms with Crippen LogP contribution in [0.5, 0.6) is 5.75 Å². The third-order valence-corrected chi connectivity index (χ3v) is 3.21. The fraction of sp³-hybridized carbons (Fsp3) is 0.500. The molecule has 1 heterocycles. The van der Waals surface area contributed by atoms with Crippen molar-refractivity contribution in [2.24, 2.45) is 0 Å². The average molecular weight is 302 g/mol. The second-order valence-corrected chi connectivity index (χ2v) is 5.02. The number of hydrogen-bond acceptors (Lipinski definition) is 3. The summed E-state index contributed by atoms with van der Waals surface area (Å²) in [6, 6.07) is 4.36. The lowest BCUT2D eigenvalue weighted by atomic mass is 10.1. The number of alkyl halides is 3. The Morgan fingerprint density at radius 3 is 2.81 bits per heavy atom. The van der Waals surface area contributed by atoms with Crippen molar-refractivity contribution >= 4 is 11.6 Å². The summed E-state index contributed by atoms with van der Waals surface area (Å²) in [5.74, 6) is 0.0279. The van der Waals surface area contributed by atoms with Crippen molar-refractivity contribution < 1.29 is 22.7 Å². The normalized spacial score (nSPS) is 18.6. The van der Waals surface area contributed by atoms with E-state index in [2.05, 4.69) is 10.6 Å². The third kappa shape index (κ3) is 4.63. The fourth-order valence-corrected chi connectivity index (χ4v) is 2.19. The van der Waals surface area contributed by atoms with Crippen LogP contribution in [0.2, 0.25) is 0 Å². The molecule has 1 aromatic rings. The molecule has 1 unspecified atom stereocenters. The predicted molar refractivity (Wildman–Crippen MR) is 72.4 cm³/mol. The van der Waals surface area contributed by atoms with Crippen LogP contribution in [0.25, 0.3) is 0 Å². The molecule has 2 rings (SSSR count). The highest BCUT2D eigenvalue weighted by atomic mass is 19.4. The number of ether oxygens (including phenoxy) is 1. The summed E-state index contributed by atoms with van der Waals surface area (Å²) in [5.41, 5.74) is 1.09. The van der Waals surface area contributed by atoms with E-state index in [0.717, 1.165) is 19.4 Å². The maximum atomic E-state index is 12.1. The molecular formula is C14H17F3N2O2. The highest BCUT2D eigenvalue weighted by molar-refractivity contribution is 5.95. The predicted octanol–water partition coefficient (Wildman–Crippen LogP) is 2.63. The van der Waals surface area contributed by atoms with Gasteiger partial charge in [0.25, 0.3) is 0 Å². The van der Waals surface area contributed by atoms with Gasteiger partial charge in [-0.2, -0.15) is 13.2 Å². The standard InChI is InChI=1S/C14H17F3N2O2/c1-9-7-10(19-13(20)11-3-2-6-18-11)4-5-12(9)21-8-14(15,16)17/h4-5,7,11,18H,2-3,6,8H2,1H3,(H,19,20). The summed E-state index contributed by atoms with van der Waals surface area (Å²) in [6.45, 7) is 1.13. The smallest absolute Gasteiger partial charge is 0.422 e. The molecule has 1 saturated heterocycles. The summed E-state index contributed by atoms with van der Waals surface area (Å²) in [4.78, 5) is 11.9. The Bertz CT molecular complexity index is 511. The first-order valence-corrected chi connectivity index (χ1v) is 6.69. The van der Waals surface area contributed by atoms with E-state index < -0.39 is 12.8 Å². The van der Waals surface area contributed by atoms with Crippen LogP contribution in [0.1, 0.15) is 18.4 Å². The number of nitrogens with one attached hydrogen (secondary N) is 2. The van der Waals surface area contributed by atoms with Crippen LogP contribution in [0.15, 0.2) is 18.2 Å². The van der Waals surface area contributed by atoms with Crippen molar-refractivity contribution in [2.75, 3.05) is 18.5 Å². The van der Waals surface area contributed by atoms with E-state index in [0.29, 0.717) is 11.3 Å². The molecule has 1 aliphatic heterocycles. The molecule has 1 aromatic carbocycles. The molecule has 116 valence electrons. The monoisotopic (exact) mass is 302 g/mol. The highest BCUT2D eigenvalue weighted by Crippen LogP contribution is 2.24. The van der Waals surface area contributed by atoms with Gasteiger partial charge in [0.2, 0.25) is 5.91 Å². The Morgan fingerprint density at radius 1 is 1.48 bits per heavy atom. The Hall–Kier alpha value is -1.76. The summed E-state index contributed by atoms with van der Waals surface area (Å²) in [6.07, 6.45) is -2.62. The molecule has 0 aromatic heterocycles. The second kappa shape index (κ2) is 6.34. The zero-order chi connectivity index (χ0) is 15.5. The first-order chi connectivity index (χ1) is 9.85. The number of hydrogen-bond donors (Lipinski definition) is 2. The summed E-state index contributed by atoms with van der Waals surface area (Å²) in [5, 5.41) is 5.82. The maximum Gasteiger partial charge on any atom is 0.422 e. The average Bonchev–Trinajstić information content (AvgIpc) is 2.90. The zero-order valence-corrected chi connectivity index (χ0v) is 11.6. The molecule has 0 bridgehead atoms. The molecule has 1 aliphatic rings. The van der Waals surface area contributed by atoms with Crippen molar-refractivity contribution in [2.45, 2.75) is 32.0 Å². The lowest BCUT2D eigenvalue weighted by Crippen LogP contribution is -2.35. The molecule has 1 amide bonds. The van der Waals surface area contributed by atoms with Gasteiger partial charge in [-0.25, -0.2) is 0 Å². The van der Waals surface area contributed by atoms with Crippen LogP contribution in [0, 0.1) is 6.92 Å². The number of halogens is 3. The van der Waals surface area contributed by atoms with E-state index in [4.69, 9.17) is 4.74 Å². The number of benzene rings is 1. The van der Waals surface area contributed by atoms with Crippen LogP contribution in [0.3, 0.4) is 0 Å². The molecule has 0 saturated carbocycles. The van der Waals surface area contributed by atoms with E-state index in [1.54, 1.807) is 13.0 Å². The number of anilines is 1. The Kier molecular flexibility index (Phi) is 4.72. The summed E-state index contributed by atoms with van der Waals surface area (Å²) in [7, 11) is 0. The first kappa shape index (κ1) is 15.6. The number of carbonyl (C=O) groups excluding carboxylic acids is 1. The zero-order valence-electron chi connectivity index (χ0n) is 11.6. The SMILES string of the molecule is Cc1cc(NC(=O)C2CCCN2)ccc1OCC(F)(F)F. The topological polar surface area (TPSA) is 50.4 Å². The molecule has 21 heavy (non-hydrogen) atoms. The first-order valence-electron chi connectivity index (χ1n) is 6.69. The minimum Gasteiger partial charge on any atom is -0.484 e. The highest BCUT2D eigenvalue weighted by Gasteiger charge is 2.28. The Balaban J connectivity index is 1.96. The van der Waals surface area contributed by atoms with Gasteiger partial charge in [0.15, 0.2) is 6.61 Å². The fourth-order valence-electron chi connectivity index (χ4n) is 2.19. The second-order valence-electron chi connectivity index (χ2n) is 5.02. The number of rotatable bonds is 4. The van der Waals surface area contributed by atoms with E-state index in [9.17, 15) is 18.0 Å². The minimum absolute atomic E-state index is 0.129. The van der Waals surface area contributed by atoms with E-state index in [1.807, 2.05) is 0 Å². The van der Waals surface area contributed by atoms with Crippen molar-refractivity contribution in [1.29, 1.82) is 0 Å².